The van der Waals surface area contributed by atoms with Crippen LogP contribution < -0.4 is 5.32 Å². The molecule has 0 radical (unpaired) electrons. The number of aliphatic hydroxyl groups excluding tert-OH is 1. The largest absolute Gasteiger partial charge is 0.384 e. The Labute approximate surface area is 127 Å². The summed E-state index contributed by atoms with van der Waals surface area (Å²) < 4.78 is 0. The van der Waals surface area contributed by atoms with Crippen molar-refractivity contribution in [3.63, 3.8) is 0 Å². The molecule has 0 atom stereocenters. The van der Waals surface area contributed by atoms with Crippen LogP contribution in [0.15, 0.2) is 36.5 Å². The number of halogens is 1. The zero-order chi connectivity index (χ0) is 15.2. The zero-order valence-electron chi connectivity index (χ0n) is 11.4. The van der Waals surface area contributed by atoms with Gasteiger partial charge in [-0.3, -0.25) is 9.78 Å². The average molecular weight is 301 g/mol. The number of anilines is 1. The highest BCUT2D eigenvalue weighted by atomic mass is 35.5. The number of pyridine rings is 1. The van der Waals surface area contributed by atoms with E-state index in [4.69, 9.17) is 16.7 Å². The van der Waals surface area contributed by atoms with Crippen LogP contribution in [0.1, 0.15) is 21.6 Å². The molecule has 2 rings (SSSR count). The van der Waals surface area contributed by atoms with Crippen LogP contribution in [0.4, 0.5) is 5.69 Å². The van der Waals surface area contributed by atoms with Crippen LogP contribution in [0.3, 0.4) is 0 Å². The summed E-state index contributed by atoms with van der Waals surface area (Å²) in [6.45, 7) is 1.54. The highest BCUT2D eigenvalue weighted by Crippen LogP contribution is 2.23. The molecule has 0 bridgehead atoms. The van der Waals surface area contributed by atoms with Crippen molar-refractivity contribution in [1.82, 2.24) is 4.98 Å². The molecule has 1 aromatic carbocycles. The number of nitrogens with one attached hydrogen (secondary N) is 1. The van der Waals surface area contributed by atoms with Gasteiger partial charge in [-0.15, -0.1) is 0 Å². The third kappa shape index (κ3) is 3.82. The first kappa shape index (κ1) is 15.0. The van der Waals surface area contributed by atoms with Gasteiger partial charge in [-0.25, -0.2) is 0 Å². The first-order valence-corrected chi connectivity index (χ1v) is 6.62. The van der Waals surface area contributed by atoms with Crippen LogP contribution in [0.25, 0.3) is 0 Å². The lowest BCUT2D eigenvalue weighted by Crippen LogP contribution is -2.14. The Morgan fingerprint density at radius 3 is 2.95 bits per heavy atom. The van der Waals surface area contributed by atoms with Gasteiger partial charge in [0.2, 0.25) is 0 Å². The van der Waals surface area contributed by atoms with Gasteiger partial charge in [0.25, 0.3) is 5.91 Å². The van der Waals surface area contributed by atoms with Gasteiger partial charge in [0.1, 0.15) is 6.61 Å². The molecule has 106 valence electrons. The number of nitrogens with zero attached hydrogens (tertiary/aromatic N) is 1. The molecule has 1 aromatic heterocycles. The maximum Gasteiger partial charge on any atom is 0.257 e. The van der Waals surface area contributed by atoms with Crippen molar-refractivity contribution in [2.75, 3.05) is 11.9 Å². The Balaban J connectivity index is 2.27. The number of benzene rings is 1. The SMILES string of the molecule is Cc1ncccc1C(=O)Nc1cc(C#CCO)ccc1Cl. The summed E-state index contributed by atoms with van der Waals surface area (Å²) in [5.74, 6) is 5.03. The van der Waals surface area contributed by atoms with Crippen molar-refractivity contribution in [1.29, 1.82) is 0 Å². The molecule has 0 unspecified atom stereocenters. The Morgan fingerprint density at radius 1 is 1.43 bits per heavy atom. The lowest BCUT2D eigenvalue weighted by molar-refractivity contribution is 0.102. The Bertz CT molecular complexity index is 733. The summed E-state index contributed by atoms with van der Waals surface area (Å²) in [7, 11) is 0. The number of aryl methyl sites for hydroxylation is 1. The van der Waals surface area contributed by atoms with Crippen LogP contribution in [0.5, 0.6) is 0 Å². The van der Waals surface area contributed by atoms with Crippen LogP contribution >= 0.6 is 11.6 Å². The minimum Gasteiger partial charge on any atom is -0.384 e. The van der Waals surface area contributed by atoms with E-state index in [-0.39, 0.29) is 12.5 Å². The van der Waals surface area contributed by atoms with Crippen molar-refractivity contribution < 1.29 is 9.90 Å². The quantitative estimate of drug-likeness (QED) is 0.838. The van der Waals surface area contributed by atoms with E-state index in [0.29, 0.717) is 27.5 Å². The van der Waals surface area contributed by atoms with E-state index >= 15 is 0 Å². The van der Waals surface area contributed by atoms with Crippen LogP contribution in [-0.4, -0.2) is 22.6 Å². The highest BCUT2D eigenvalue weighted by Gasteiger charge is 2.11. The van der Waals surface area contributed by atoms with Gasteiger partial charge >= 0.3 is 0 Å². The first-order valence-electron chi connectivity index (χ1n) is 6.24. The van der Waals surface area contributed by atoms with Crippen LogP contribution in [0.2, 0.25) is 5.02 Å². The third-order valence-corrected chi connectivity index (χ3v) is 3.11. The maximum absolute atomic E-state index is 12.2. The second-order valence-corrected chi connectivity index (χ2v) is 4.65. The van der Waals surface area contributed by atoms with Crippen LogP contribution in [0, 0.1) is 18.8 Å². The van der Waals surface area contributed by atoms with Gasteiger partial charge in [0.15, 0.2) is 0 Å². The molecule has 4 nitrogen and oxygen atoms in total. The third-order valence-electron chi connectivity index (χ3n) is 2.78. The first-order chi connectivity index (χ1) is 10.1. The van der Waals surface area contributed by atoms with E-state index in [2.05, 4.69) is 22.1 Å². The standard InChI is InChI=1S/C16H13ClN2O2/c1-11-13(5-2-8-18-11)16(21)19-15-10-12(4-3-9-20)6-7-14(15)17/h2,5-8,10,20H,9H2,1H3,(H,19,21). The smallest absolute Gasteiger partial charge is 0.257 e. The van der Waals surface area contributed by atoms with Gasteiger partial charge in [0, 0.05) is 17.5 Å². The number of hydrogen-bond donors (Lipinski definition) is 2. The highest BCUT2D eigenvalue weighted by molar-refractivity contribution is 6.34. The Morgan fingerprint density at radius 2 is 2.24 bits per heavy atom. The minimum absolute atomic E-state index is 0.223. The number of carbonyl (C=O) groups excluding carboxylic acids is 1. The lowest BCUT2D eigenvalue weighted by atomic mass is 10.1. The van der Waals surface area contributed by atoms with E-state index in [9.17, 15) is 4.79 Å². The Hall–Kier alpha value is -2.35. The van der Waals surface area contributed by atoms with Gasteiger partial charge in [-0.1, -0.05) is 23.4 Å². The van der Waals surface area contributed by atoms with Crippen molar-refractivity contribution in [3.8, 4) is 11.8 Å². The van der Waals surface area contributed by atoms with E-state index < -0.39 is 0 Å². The van der Waals surface area contributed by atoms with E-state index in [1.807, 2.05) is 0 Å². The average Bonchev–Trinajstić information content (AvgIpc) is 2.48. The number of rotatable bonds is 2. The van der Waals surface area contributed by atoms with Crippen molar-refractivity contribution >= 4 is 23.2 Å². The molecule has 1 heterocycles. The number of aliphatic hydroxyl groups is 1. The van der Waals surface area contributed by atoms with Gasteiger partial charge in [-0.05, 0) is 37.3 Å². The molecular formula is C16H13ClN2O2. The summed E-state index contributed by atoms with van der Waals surface area (Å²) in [6, 6.07) is 8.42. The molecule has 0 spiro atoms. The van der Waals surface area contributed by atoms with Gasteiger partial charge in [0.05, 0.1) is 16.3 Å². The van der Waals surface area contributed by atoms with Crippen molar-refractivity contribution in [3.05, 3.63) is 58.4 Å². The molecule has 21 heavy (non-hydrogen) atoms. The summed E-state index contributed by atoms with van der Waals surface area (Å²) in [4.78, 5) is 16.3. The summed E-state index contributed by atoms with van der Waals surface area (Å²) in [5, 5.41) is 11.9. The minimum atomic E-state index is -0.283. The molecule has 2 N–H and O–H groups in total. The van der Waals surface area contributed by atoms with Gasteiger partial charge < -0.3 is 10.4 Å². The molecule has 0 saturated carbocycles. The number of aromatic nitrogens is 1. The molecule has 0 aliphatic heterocycles. The second kappa shape index (κ2) is 6.89. The molecule has 0 aliphatic carbocycles. The molecule has 1 amide bonds. The summed E-state index contributed by atoms with van der Waals surface area (Å²) in [5.41, 5.74) is 2.25. The predicted octanol–water partition coefficient (Wildman–Crippen LogP) is 2.64. The van der Waals surface area contributed by atoms with E-state index in [1.54, 1.807) is 43.5 Å². The number of amides is 1. The number of carbonyl (C=O) groups is 1. The Kier molecular flexibility index (Phi) is 4.94. The second-order valence-electron chi connectivity index (χ2n) is 4.25. The maximum atomic E-state index is 12.2. The predicted molar refractivity (Wildman–Crippen MR) is 82.3 cm³/mol. The number of hydrogen-bond acceptors (Lipinski definition) is 3. The summed E-state index contributed by atoms with van der Waals surface area (Å²) >= 11 is 6.07. The molecule has 2 aromatic rings. The molecule has 0 fully saturated rings. The van der Waals surface area contributed by atoms with Crippen molar-refractivity contribution in [2.45, 2.75) is 6.92 Å². The van der Waals surface area contributed by atoms with Crippen molar-refractivity contribution in [2.24, 2.45) is 0 Å². The lowest BCUT2D eigenvalue weighted by Gasteiger charge is -2.09. The summed E-state index contributed by atoms with van der Waals surface area (Å²) in [6.07, 6.45) is 1.63. The van der Waals surface area contributed by atoms with E-state index in [0.717, 1.165) is 0 Å². The molecule has 5 heteroatoms. The van der Waals surface area contributed by atoms with Crippen LogP contribution in [-0.2, 0) is 0 Å². The van der Waals surface area contributed by atoms with E-state index in [1.165, 1.54) is 0 Å². The fourth-order valence-electron chi connectivity index (χ4n) is 1.75. The topological polar surface area (TPSA) is 62.2 Å². The molecule has 0 saturated heterocycles. The zero-order valence-corrected chi connectivity index (χ0v) is 12.1. The normalized spacial score (nSPS) is 9.67. The molecule has 0 aliphatic rings. The fourth-order valence-corrected chi connectivity index (χ4v) is 1.92. The molecular weight excluding hydrogens is 288 g/mol. The van der Waals surface area contributed by atoms with Gasteiger partial charge in [-0.2, -0.15) is 0 Å². The fraction of sp³-hybridized carbons (Fsp3) is 0.125. The monoisotopic (exact) mass is 300 g/mol.